The number of carbonyl (C=O) groups excluding carboxylic acids is 3. The van der Waals surface area contributed by atoms with Gasteiger partial charge in [-0.2, -0.15) is 0 Å². The summed E-state index contributed by atoms with van der Waals surface area (Å²) in [5, 5.41) is 0. The zero-order valence-electron chi connectivity index (χ0n) is 22.9. The van der Waals surface area contributed by atoms with Crippen molar-refractivity contribution in [3.8, 4) is 17.2 Å². The van der Waals surface area contributed by atoms with Gasteiger partial charge in [0.15, 0.2) is 11.5 Å². The molecule has 0 saturated carbocycles. The van der Waals surface area contributed by atoms with Gasteiger partial charge >= 0.3 is 6.03 Å². The van der Waals surface area contributed by atoms with Gasteiger partial charge in [0.2, 0.25) is 17.6 Å². The molecule has 2 bridgehead atoms. The highest BCUT2D eigenvalue weighted by atomic mass is 16.5. The number of piperidine rings is 1. The number of carbonyl (C=O) groups is 3. The standard InChI is InChI=1S/C28H34N4O7/c1-29-25(34)28(26(35)30(2)27(29)36,12-18-9-10-21(37-3)24(39-5)23(18)38-4)16-31-13-17-11-19(15-31)20-7-6-8-22(33)32(20)14-17/h6-10,17,19H,11-16H2,1-5H3/t17-,19-/m1/s1. The maximum absolute atomic E-state index is 13.9. The molecule has 39 heavy (non-hydrogen) atoms. The van der Waals surface area contributed by atoms with Crippen LogP contribution in [0.1, 0.15) is 23.6 Å². The number of methoxy groups -OCH3 is 3. The number of hydrogen-bond donors (Lipinski definition) is 0. The quantitative estimate of drug-likeness (QED) is 0.489. The molecule has 2 aromatic rings. The minimum atomic E-state index is -1.58. The highest BCUT2D eigenvalue weighted by Crippen LogP contribution is 2.44. The third kappa shape index (κ3) is 4.25. The van der Waals surface area contributed by atoms with E-state index in [0.29, 0.717) is 42.4 Å². The van der Waals surface area contributed by atoms with Crippen molar-refractivity contribution in [2.45, 2.75) is 25.3 Å². The number of hydrogen-bond acceptors (Lipinski definition) is 8. The molecular formula is C28H34N4O7. The lowest BCUT2D eigenvalue weighted by molar-refractivity contribution is -0.159. The van der Waals surface area contributed by atoms with E-state index in [1.165, 1.54) is 35.4 Å². The van der Waals surface area contributed by atoms with E-state index in [1.54, 1.807) is 24.3 Å². The van der Waals surface area contributed by atoms with E-state index in [2.05, 4.69) is 4.90 Å². The summed E-state index contributed by atoms with van der Waals surface area (Å²) in [7, 11) is 7.31. The van der Waals surface area contributed by atoms with Crippen molar-refractivity contribution in [3.63, 3.8) is 0 Å². The summed E-state index contributed by atoms with van der Waals surface area (Å²) >= 11 is 0. The van der Waals surface area contributed by atoms with E-state index < -0.39 is 23.3 Å². The van der Waals surface area contributed by atoms with Crippen molar-refractivity contribution in [2.75, 3.05) is 55.1 Å². The Morgan fingerprint density at radius 3 is 2.18 bits per heavy atom. The molecule has 2 saturated heterocycles. The number of rotatable bonds is 7. The predicted molar refractivity (Wildman–Crippen MR) is 141 cm³/mol. The minimum absolute atomic E-state index is 0.00195. The number of ether oxygens (including phenoxy) is 3. The van der Waals surface area contributed by atoms with Crippen molar-refractivity contribution in [3.05, 3.63) is 51.9 Å². The van der Waals surface area contributed by atoms with Gasteiger partial charge < -0.3 is 23.7 Å². The van der Waals surface area contributed by atoms with Gasteiger partial charge in [-0.25, -0.2) is 4.79 Å². The number of pyridine rings is 1. The zero-order chi connectivity index (χ0) is 28.1. The molecule has 1 aromatic carbocycles. The molecule has 0 unspecified atom stereocenters. The number of urea groups is 1. The molecule has 208 valence electrons. The van der Waals surface area contributed by atoms with Crippen LogP contribution in [0.15, 0.2) is 35.1 Å². The number of fused-ring (bicyclic) bond motifs is 4. The number of likely N-dealkylation sites (tertiary alicyclic amines) is 1. The first-order valence-electron chi connectivity index (χ1n) is 12.9. The van der Waals surface area contributed by atoms with Crippen LogP contribution in [-0.4, -0.2) is 92.2 Å². The lowest BCUT2D eigenvalue weighted by Gasteiger charge is -2.48. The summed E-state index contributed by atoms with van der Waals surface area (Å²) in [5.74, 6) is 0.369. The Labute approximate surface area is 226 Å². The van der Waals surface area contributed by atoms with Gasteiger partial charge in [0.25, 0.3) is 5.56 Å². The molecule has 2 fully saturated rings. The SMILES string of the molecule is COc1ccc(CC2(CN3C[C@H]4C[C@H](C3)c3cccc(=O)n3C4)C(=O)N(C)C(=O)N(C)C2=O)c(OC)c1OC. The Bertz CT molecular complexity index is 1360. The van der Waals surface area contributed by atoms with E-state index in [-0.39, 0.29) is 30.4 Å². The van der Waals surface area contributed by atoms with Crippen molar-refractivity contribution in [1.82, 2.24) is 19.3 Å². The molecule has 11 nitrogen and oxygen atoms in total. The second-order valence-corrected chi connectivity index (χ2v) is 10.7. The Morgan fingerprint density at radius 1 is 0.846 bits per heavy atom. The zero-order valence-corrected chi connectivity index (χ0v) is 22.9. The van der Waals surface area contributed by atoms with Crippen LogP contribution in [0.4, 0.5) is 4.79 Å². The fourth-order valence-corrected chi connectivity index (χ4v) is 6.61. The normalized spacial score (nSPS) is 22.5. The second kappa shape index (κ2) is 10.0. The third-order valence-corrected chi connectivity index (χ3v) is 8.33. The van der Waals surface area contributed by atoms with Crippen LogP contribution in [0, 0.1) is 11.3 Å². The van der Waals surface area contributed by atoms with Crippen LogP contribution in [0.5, 0.6) is 17.2 Å². The van der Waals surface area contributed by atoms with Gasteiger partial charge in [0.05, 0.1) is 21.3 Å². The van der Waals surface area contributed by atoms with E-state index in [1.807, 2.05) is 10.6 Å². The molecule has 0 N–H and O–H groups in total. The van der Waals surface area contributed by atoms with E-state index in [9.17, 15) is 19.2 Å². The minimum Gasteiger partial charge on any atom is -0.493 e. The maximum atomic E-state index is 13.9. The van der Waals surface area contributed by atoms with Crippen LogP contribution in [0.3, 0.4) is 0 Å². The number of nitrogens with zero attached hydrogens (tertiary/aromatic N) is 4. The van der Waals surface area contributed by atoms with Crippen molar-refractivity contribution in [1.29, 1.82) is 0 Å². The van der Waals surface area contributed by atoms with E-state index in [4.69, 9.17) is 14.2 Å². The second-order valence-electron chi connectivity index (χ2n) is 10.7. The van der Waals surface area contributed by atoms with Crippen LogP contribution >= 0.6 is 0 Å². The Balaban J connectivity index is 1.56. The molecular weight excluding hydrogens is 504 g/mol. The van der Waals surface area contributed by atoms with E-state index >= 15 is 0 Å². The van der Waals surface area contributed by atoms with Gasteiger partial charge in [-0.15, -0.1) is 0 Å². The van der Waals surface area contributed by atoms with Crippen LogP contribution < -0.4 is 19.8 Å². The van der Waals surface area contributed by atoms with Gasteiger partial charge in [-0.05, 0) is 30.0 Å². The summed E-state index contributed by atoms with van der Waals surface area (Å²) in [5.41, 5.74) is -0.0225. The van der Waals surface area contributed by atoms with Gasteiger partial charge in [-0.3, -0.25) is 24.2 Å². The molecule has 11 heteroatoms. The lowest BCUT2D eigenvalue weighted by Crippen LogP contribution is -2.67. The van der Waals surface area contributed by atoms with Gasteiger partial charge in [0, 0.05) is 64.4 Å². The van der Waals surface area contributed by atoms with Crippen molar-refractivity contribution < 1.29 is 28.6 Å². The summed E-state index contributed by atoms with van der Waals surface area (Å²) in [4.78, 5) is 57.3. The molecule has 2 atom stereocenters. The van der Waals surface area contributed by atoms with Crippen LogP contribution in [-0.2, 0) is 22.6 Å². The number of barbiturate groups is 1. The van der Waals surface area contributed by atoms with Crippen molar-refractivity contribution >= 4 is 17.8 Å². The molecule has 4 heterocycles. The van der Waals surface area contributed by atoms with Crippen LogP contribution in [0.2, 0.25) is 0 Å². The first kappa shape index (κ1) is 26.7. The number of amides is 4. The molecule has 0 spiro atoms. The van der Waals surface area contributed by atoms with E-state index in [0.717, 1.165) is 21.9 Å². The summed E-state index contributed by atoms with van der Waals surface area (Å²) in [6.07, 6.45) is 0.939. The molecule has 0 aliphatic carbocycles. The monoisotopic (exact) mass is 538 g/mol. The fraction of sp³-hybridized carbons (Fsp3) is 0.500. The fourth-order valence-electron chi connectivity index (χ4n) is 6.61. The molecule has 1 aromatic heterocycles. The Morgan fingerprint density at radius 2 is 1.54 bits per heavy atom. The Kier molecular flexibility index (Phi) is 6.88. The molecule has 0 radical (unpaired) electrons. The number of imide groups is 2. The predicted octanol–water partition coefficient (Wildman–Crippen LogP) is 1.57. The number of benzene rings is 1. The highest BCUT2D eigenvalue weighted by Gasteiger charge is 2.57. The van der Waals surface area contributed by atoms with Gasteiger partial charge in [-0.1, -0.05) is 12.1 Å². The maximum Gasteiger partial charge on any atom is 0.332 e. The molecule has 5 rings (SSSR count). The topological polar surface area (TPSA) is 111 Å². The molecule has 4 amide bonds. The van der Waals surface area contributed by atoms with Crippen LogP contribution in [0.25, 0.3) is 0 Å². The van der Waals surface area contributed by atoms with Crippen molar-refractivity contribution in [2.24, 2.45) is 11.3 Å². The lowest BCUT2D eigenvalue weighted by atomic mass is 9.75. The highest BCUT2D eigenvalue weighted by molar-refractivity contribution is 6.19. The smallest absolute Gasteiger partial charge is 0.332 e. The molecule has 3 aliphatic heterocycles. The third-order valence-electron chi connectivity index (χ3n) is 8.33. The van der Waals surface area contributed by atoms with Gasteiger partial charge in [0.1, 0.15) is 5.41 Å². The Hall–Kier alpha value is -3.86. The summed E-state index contributed by atoms with van der Waals surface area (Å²) in [6, 6.07) is 8.14. The number of aromatic nitrogens is 1. The largest absolute Gasteiger partial charge is 0.493 e. The average molecular weight is 539 g/mol. The summed E-state index contributed by atoms with van der Waals surface area (Å²) < 4.78 is 18.5. The first-order chi connectivity index (χ1) is 18.6. The summed E-state index contributed by atoms with van der Waals surface area (Å²) in [6.45, 7) is 1.93. The molecule has 3 aliphatic rings. The first-order valence-corrected chi connectivity index (χ1v) is 12.9. The average Bonchev–Trinajstić information content (AvgIpc) is 2.94.